The summed E-state index contributed by atoms with van der Waals surface area (Å²) in [6, 6.07) is 14.0. The number of rotatable bonds is 10. The lowest BCUT2D eigenvalue weighted by atomic mass is 10.1. The SMILES string of the molecule is CCNC(=NCCc1ccc(F)cc1)NCCc1ccc(OCC(N)=O)cc1.I. The number of nitrogens with one attached hydrogen (secondary N) is 2. The summed E-state index contributed by atoms with van der Waals surface area (Å²) in [6.45, 7) is 4.01. The number of halogens is 2. The quantitative estimate of drug-likeness (QED) is 0.259. The van der Waals surface area contributed by atoms with Crippen LogP contribution in [0.3, 0.4) is 0 Å². The number of nitrogens with zero attached hydrogens (tertiary/aromatic N) is 1. The van der Waals surface area contributed by atoms with Crippen molar-refractivity contribution in [3.05, 3.63) is 65.5 Å². The van der Waals surface area contributed by atoms with Crippen molar-refractivity contribution in [3.63, 3.8) is 0 Å². The monoisotopic (exact) mass is 514 g/mol. The van der Waals surface area contributed by atoms with E-state index in [1.807, 2.05) is 31.2 Å². The minimum Gasteiger partial charge on any atom is -0.484 e. The zero-order chi connectivity index (χ0) is 20.2. The number of primary amides is 1. The summed E-state index contributed by atoms with van der Waals surface area (Å²) in [5, 5.41) is 6.52. The fraction of sp³-hybridized carbons (Fsp3) is 0.333. The van der Waals surface area contributed by atoms with Gasteiger partial charge in [-0.1, -0.05) is 24.3 Å². The molecule has 0 radical (unpaired) electrons. The molecule has 0 bridgehead atoms. The van der Waals surface area contributed by atoms with E-state index in [4.69, 9.17) is 10.5 Å². The lowest BCUT2D eigenvalue weighted by molar-refractivity contribution is -0.119. The van der Waals surface area contributed by atoms with E-state index in [1.54, 1.807) is 12.1 Å². The maximum atomic E-state index is 12.9. The molecule has 0 spiro atoms. The molecule has 0 atom stereocenters. The minimum atomic E-state index is -0.497. The van der Waals surface area contributed by atoms with Gasteiger partial charge in [0.2, 0.25) is 0 Å². The Balaban J connectivity index is 0.00000420. The first-order valence-corrected chi connectivity index (χ1v) is 9.33. The molecule has 8 heteroatoms. The summed E-state index contributed by atoms with van der Waals surface area (Å²) in [4.78, 5) is 15.3. The Morgan fingerprint density at radius 3 is 2.28 bits per heavy atom. The fourth-order valence-electron chi connectivity index (χ4n) is 2.52. The Kier molecular flexibility index (Phi) is 11.7. The van der Waals surface area contributed by atoms with Crippen LogP contribution in [0.1, 0.15) is 18.1 Å². The first-order chi connectivity index (χ1) is 13.6. The van der Waals surface area contributed by atoms with Gasteiger partial charge in [0.05, 0.1) is 0 Å². The second-order valence-electron chi connectivity index (χ2n) is 6.21. The second-order valence-corrected chi connectivity index (χ2v) is 6.21. The maximum absolute atomic E-state index is 12.9. The highest BCUT2D eigenvalue weighted by molar-refractivity contribution is 14.0. The van der Waals surface area contributed by atoms with Crippen molar-refractivity contribution >= 4 is 35.8 Å². The normalized spacial score (nSPS) is 10.8. The molecular formula is C21H28FIN4O2. The Labute approximate surface area is 188 Å². The summed E-state index contributed by atoms with van der Waals surface area (Å²) in [7, 11) is 0. The van der Waals surface area contributed by atoms with Crippen molar-refractivity contribution in [2.75, 3.05) is 26.2 Å². The van der Waals surface area contributed by atoms with Crippen molar-refractivity contribution in [2.45, 2.75) is 19.8 Å². The average Bonchev–Trinajstić information content (AvgIpc) is 2.69. The highest BCUT2D eigenvalue weighted by Crippen LogP contribution is 2.12. The smallest absolute Gasteiger partial charge is 0.255 e. The molecule has 0 aliphatic rings. The third-order valence-corrected chi connectivity index (χ3v) is 3.94. The van der Waals surface area contributed by atoms with Gasteiger partial charge in [-0.05, 0) is 55.2 Å². The number of aliphatic imine (C=N–C) groups is 1. The van der Waals surface area contributed by atoms with E-state index in [9.17, 15) is 9.18 Å². The molecule has 0 fully saturated rings. The van der Waals surface area contributed by atoms with Crippen LogP contribution in [-0.2, 0) is 17.6 Å². The van der Waals surface area contributed by atoms with Crippen LogP contribution in [0.15, 0.2) is 53.5 Å². The standard InChI is InChI=1S/C21H27FN4O2.HI/c1-2-24-21(25-13-11-16-3-7-18(22)8-4-16)26-14-12-17-5-9-19(10-6-17)28-15-20(23)27;/h3-10H,2,11-15H2,1H3,(H2,23,27)(H2,24,25,26);1H. The summed E-state index contributed by atoms with van der Waals surface area (Å²) in [5.74, 6) is 0.648. The predicted molar refractivity (Wildman–Crippen MR) is 124 cm³/mol. The van der Waals surface area contributed by atoms with E-state index in [-0.39, 0.29) is 36.4 Å². The molecule has 2 aromatic rings. The third kappa shape index (κ3) is 10.1. The number of benzene rings is 2. The van der Waals surface area contributed by atoms with Gasteiger partial charge in [0.15, 0.2) is 12.6 Å². The largest absolute Gasteiger partial charge is 0.484 e. The number of amides is 1. The van der Waals surface area contributed by atoms with E-state index < -0.39 is 5.91 Å². The fourth-order valence-corrected chi connectivity index (χ4v) is 2.52. The lowest BCUT2D eigenvalue weighted by Gasteiger charge is -2.11. The topological polar surface area (TPSA) is 88.7 Å². The van der Waals surface area contributed by atoms with Crippen LogP contribution in [0, 0.1) is 5.82 Å². The van der Waals surface area contributed by atoms with Gasteiger partial charge in [-0.15, -0.1) is 24.0 Å². The van der Waals surface area contributed by atoms with Gasteiger partial charge >= 0.3 is 0 Å². The van der Waals surface area contributed by atoms with Gasteiger partial charge in [-0.2, -0.15) is 0 Å². The minimum absolute atomic E-state index is 0. The molecule has 0 heterocycles. The number of carbonyl (C=O) groups excluding carboxylic acids is 1. The summed E-state index contributed by atoms with van der Waals surface area (Å²) in [6.07, 6.45) is 1.57. The molecule has 0 saturated carbocycles. The molecule has 6 nitrogen and oxygen atoms in total. The zero-order valence-corrected chi connectivity index (χ0v) is 18.8. The van der Waals surface area contributed by atoms with Crippen LogP contribution in [-0.4, -0.2) is 38.1 Å². The van der Waals surface area contributed by atoms with E-state index >= 15 is 0 Å². The Morgan fingerprint density at radius 1 is 1.03 bits per heavy atom. The van der Waals surface area contributed by atoms with E-state index in [0.29, 0.717) is 12.3 Å². The number of hydrogen-bond donors (Lipinski definition) is 3. The van der Waals surface area contributed by atoms with Crippen LogP contribution in [0.2, 0.25) is 0 Å². The van der Waals surface area contributed by atoms with E-state index in [2.05, 4.69) is 15.6 Å². The van der Waals surface area contributed by atoms with Crippen LogP contribution in [0.4, 0.5) is 4.39 Å². The van der Waals surface area contributed by atoms with Crippen molar-refractivity contribution in [3.8, 4) is 5.75 Å². The molecule has 29 heavy (non-hydrogen) atoms. The van der Waals surface area contributed by atoms with Gasteiger partial charge in [0.1, 0.15) is 11.6 Å². The van der Waals surface area contributed by atoms with Gasteiger partial charge in [-0.3, -0.25) is 9.79 Å². The van der Waals surface area contributed by atoms with E-state index in [0.717, 1.165) is 43.0 Å². The predicted octanol–water partition coefficient (Wildman–Crippen LogP) is 2.65. The van der Waals surface area contributed by atoms with Crippen LogP contribution in [0.25, 0.3) is 0 Å². The van der Waals surface area contributed by atoms with Gasteiger partial charge < -0.3 is 21.1 Å². The number of ether oxygens (including phenoxy) is 1. The highest BCUT2D eigenvalue weighted by Gasteiger charge is 2.01. The molecule has 1 amide bonds. The molecule has 0 aliphatic carbocycles. The molecule has 0 unspecified atom stereocenters. The highest BCUT2D eigenvalue weighted by atomic mass is 127. The van der Waals surface area contributed by atoms with Crippen molar-refractivity contribution < 1.29 is 13.9 Å². The van der Waals surface area contributed by atoms with Crippen molar-refractivity contribution in [1.29, 1.82) is 0 Å². The number of nitrogens with two attached hydrogens (primary N) is 1. The first kappa shape index (κ1) is 24.7. The van der Waals surface area contributed by atoms with Crippen molar-refractivity contribution in [1.82, 2.24) is 10.6 Å². The summed E-state index contributed by atoms with van der Waals surface area (Å²) >= 11 is 0. The average molecular weight is 514 g/mol. The molecule has 0 aromatic heterocycles. The van der Waals surface area contributed by atoms with E-state index in [1.165, 1.54) is 12.1 Å². The number of guanidine groups is 1. The Hall–Kier alpha value is -2.36. The van der Waals surface area contributed by atoms with Gasteiger partial charge in [-0.25, -0.2) is 4.39 Å². The van der Waals surface area contributed by atoms with Crippen molar-refractivity contribution in [2.24, 2.45) is 10.7 Å². The molecular weight excluding hydrogens is 486 g/mol. The zero-order valence-electron chi connectivity index (χ0n) is 16.5. The Bertz CT molecular complexity index is 767. The van der Waals surface area contributed by atoms with Crippen LogP contribution >= 0.6 is 24.0 Å². The van der Waals surface area contributed by atoms with Crippen LogP contribution < -0.4 is 21.1 Å². The lowest BCUT2D eigenvalue weighted by Crippen LogP contribution is -2.38. The van der Waals surface area contributed by atoms with Gasteiger partial charge in [0.25, 0.3) is 5.91 Å². The molecule has 0 saturated heterocycles. The summed E-state index contributed by atoms with van der Waals surface area (Å²) in [5.41, 5.74) is 7.25. The second kappa shape index (κ2) is 13.8. The van der Waals surface area contributed by atoms with Gasteiger partial charge in [0, 0.05) is 19.6 Å². The molecule has 2 aromatic carbocycles. The first-order valence-electron chi connectivity index (χ1n) is 9.33. The summed E-state index contributed by atoms with van der Waals surface area (Å²) < 4.78 is 18.2. The van der Waals surface area contributed by atoms with Crippen LogP contribution in [0.5, 0.6) is 5.75 Å². The molecule has 0 aliphatic heterocycles. The molecule has 4 N–H and O–H groups in total. The number of hydrogen-bond acceptors (Lipinski definition) is 3. The Morgan fingerprint density at radius 2 is 1.66 bits per heavy atom. The third-order valence-electron chi connectivity index (χ3n) is 3.94. The molecule has 2 rings (SSSR count). The maximum Gasteiger partial charge on any atom is 0.255 e. The molecule has 158 valence electrons. The number of carbonyl (C=O) groups is 1.